The van der Waals surface area contributed by atoms with Crippen LogP contribution in [0.25, 0.3) is 0 Å². The topological polar surface area (TPSA) is 82.1 Å². The minimum absolute atomic E-state index is 0.00500. The van der Waals surface area contributed by atoms with Gasteiger partial charge < -0.3 is 21.6 Å². The van der Waals surface area contributed by atoms with Gasteiger partial charge in [-0.05, 0) is 18.4 Å². The van der Waals surface area contributed by atoms with Gasteiger partial charge in [-0.3, -0.25) is 0 Å². The van der Waals surface area contributed by atoms with Gasteiger partial charge in [0.15, 0.2) is 5.88 Å². The van der Waals surface area contributed by atoms with Crippen LogP contribution in [-0.2, 0) is 0 Å². The summed E-state index contributed by atoms with van der Waals surface area (Å²) in [7, 11) is 0. The van der Waals surface area contributed by atoms with Crippen LogP contribution in [0.5, 0.6) is 0 Å². The van der Waals surface area contributed by atoms with E-state index in [0.29, 0.717) is 12.3 Å². The number of aliphatic hydroxyl groups is 1. The first-order chi connectivity index (χ1) is 7.49. The predicted octanol–water partition coefficient (Wildman–Crippen LogP) is 1.43. The maximum atomic E-state index is 9.15. The number of nitrogens with one attached hydrogen (secondary N) is 2. The molecule has 3 atom stereocenters. The van der Waals surface area contributed by atoms with E-state index in [4.69, 9.17) is 16.2 Å². The molecule has 2 rings (SSSR count). The molecule has 0 saturated heterocycles. The molecule has 4 nitrogen and oxygen atoms in total. The van der Waals surface area contributed by atoms with Gasteiger partial charge in [0.2, 0.25) is 0 Å². The summed E-state index contributed by atoms with van der Waals surface area (Å²) in [5.74, 6) is 0.306. The summed E-state index contributed by atoms with van der Waals surface area (Å²) < 4.78 is 0. The zero-order valence-corrected chi connectivity index (χ0v) is 9.33. The predicted molar refractivity (Wildman–Crippen MR) is 64.0 cm³/mol. The van der Waals surface area contributed by atoms with E-state index >= 15 is 0 Å². The summed E-state index contributed by atoms with van der Waals surface area (Å²) in [5.41, 5.74) is 7.65. The molecule has 86 valence electrons. The lowest BCUT2D eigenvalue weighted by atomic mass is 9.93. The summed E-state index contributed by atoms with van der Waals surface area (Å²) in [6.45, 7) is 5.55. The van der Waals surface area contributed by atoms with Crippen LogP contribution in [-0.4, -0.2) is 17.4 Å². The van der Waals surface area contributed by atoms with E-state index in [9.17, 15) is 0 Å². The molecular formula is C12H17N3O. The fourth-order valence-corrected chi connectivity index (χ4v) is 2.50. The van der Waals surface area contributed by atoms with Gasteiger partial charge in [0.1, 0.15) is 0 Å². The van der Waals surface area contributed by atoms with E-state index in [1.807, 2.05) is 6.08 Å². The average molecular weight is 219 g/mol. The molecule has 0 aromatic rings. The fraction of sp³-hybridized carbons (Fsp3) is 0.417. The lowest BCUT2D eigenvalue weighted by molar-refractivity contribution is 0.357. The van der Waals surface area contributed by atoms with Crippen molar-refractivity contribution in [2.24, 2.45) is 17.1 Å². The highest BCUT2D eigenvalue weighted by Crippen LogP contribution is 2.58. The largest absolute Gasteiger partial charge is 0.495 e. The van der Waals surface area contributed by atoms with Crippen molar-refractivity contribution in [3.8, 4) is 0 Å². The van der Waals surface area contributed by atoms with E-state index in [0.717, 1.165) is 11.3 Å². The second kappa shape index (κ2) is 3.40. The van der Waals surface area contributed by atoms with Gasteiger partial charge in [-0.2, -0.15) is 0 Å². The van der Waals surface area contributed by atoms with E-state index in [2.05, 4.69) is 24.9 Å². The van der Waals surface area contributed by atoms with Crippen LogP contribution >= 0.6 is 0 Å². The summed E-state index contributed by atoms with van der Waals surface area (Å²) in [4.78, 5) is 0. The van der Waals surface area contributed by atoms with Gasteiger partial charge in [0.25, 0.3) is 0 Å². The van der Waals surface area contributed by atoms with Crippen LogP contribution in [0.2, 0.25) is 0 Å². The highest BCUT2D eigenvalue weighted by molar-refractivity contribution is 5.62. The lowest BCUT2D eigenvalue weighted by Gasteiger charge is -2.14. The molecule has 0 aromatic carbocycles. The second-order valence-electron chi connectivity index (χ2n) is 4.66. The molecule has 16 heavy (non-hydrogen) atoms. The molecule has 1 saturated carbocycles. The first-order valence-corrected chi connectivity index (χ1v) is 5.32. The number of fused-ring (bicyclic) bond motifs is 1. The van der Waals surface area contributed by atoms with Crippen LogP contribution in [0.15, 0.2) is 35.9 Å². The van der Waals surface area contributed by atoms with Crippen molar-refractivity contribution in [3.05, 3.63) is 35.9 Å². The second-order valence-corrected chi connectivity index (χ2v) is 4.66. The Morgan fingerprint density at radius 3 is 3.06 bits per heavy atom. The quantitative estimate of drug-likeness (QED) is 0.426. The van der Waals surface area contributed by atoms with Crippen LogP contribution < -0.4 is 11.1 Å². The Morgan fingerprint density at radius 2 is 2.50 bits per heavy atom. The van der Waals surface area contributed by atoms with E-state index in [-0.39, 0.29) is 17.3 Å². The SMILES string of the molecule is C=C(O)NC1C2C=C(N)C(CC=N)=CC21C. The smallest absolute Gasteiger partial charge is 0.176 e. The van der Waals surface area contributed by atoms with Gasteiger partial charge in [0.05, 0.1) is 0 Å². The van der Waals surface area contributed by atoms with Crippen LogP contribution in [0, 0.1) is 16.7 Å². The van der Waals surface area contributed by atoms with Crippen molar-refractivity contribution in [2.75, 3.05) is 0 Å². The third-order valence-corrected chi connectivity index (χ3v) is 3.50. The summed E-state index contributed by atoms with van der Waals surface area (Å²) in [5, 5.41) is 19.2. The van der Waals surface area contributed by atoms with Gasteiger partial charge in [0, 0.05) is 29.5 Å². The molecule has 4 heteroatoms. The molecule has 3 unspecified atom stereocenters. The van der Waals surface area contributed by atoms with Crippen molar-refractivity contribution < 1.29 is 5.11 Å². The Morgan fingerprint density at radius 1 is 1.81 bits per heavy atom. The van der Waals surface area contributed by atoms with E-state index in [1.54, 1.807) is 0 Å². The monoisotopic (exact) mass is 219 g/mol. The van der Waals surface area contributed by atoms with Crippen LogP contribution in [0.4, 0.5) is 0 Å². The lowest BCUT2D eigenvalue weighted by Crippen LogP contribution is -2.19. The molecule has 0 heterocycles. The third kappa shape index (κ3) is 1.50. The van der Waals surface area contributed by atoms with Crippen molar-refractivity contribution in [3.63, 3.8) is 0 Å². The van der Waals surface area contributed by atoms with Crippen molar-refractivity contribution in [2.45, 2.75) is 19.4 Å². The normalized spacial score (nSPS) is 35.6. The Hall–Kier alpha value is -1.71. The van der Waals surface area contributed by atoms with Crippen LogP contribution in [0.1, 0.15) is 13.3 Å². The fourth-order valence-electron chi connectivity index (χ4n) is 2.50. The van der Waals surface area contributed by atoms with Gasteiger partial charge >= 0.3 is 0 Å². The minimum atomic E-state index is -0.00706. The first-order valence-electron chi connectivity index (χ1n) is 5.32. The molecule has 0 bridgehead atoms. The Balaban J connectivity index is 2.20. The minimum Gasteiger partial charge on any atom is -0.495 e. The zero-order chi connectivity index (χ0) is 11.9. The number of rotatable bonds is 4. The highest BCUT2D eigenvalue weighted by Gasteiger charge is 2.60. The molecule has 0 aromatic heterocycles. The average Bonchev–Trinajstić information content (AvgIpc) is 2.71. The number of aliphatic hydroxyl groups excluding tert-OH is 1. The molecule has 0 radical (unpaired) electrons. The number of nitrogens with two attached hydrogens (primary N) is 1. The number of allylic oxidation sites excluding steroid dienone is 1. The maximum absolute atomic E-state index is 9.15. The first kappa shape index (κ1) is 10.8. The molecule has 5 N–H and O–H groups in total. The molecule has 0 aliphatic heterocycles. The summed E-state index contributed by atoms with van der Waals surface area (Å²) in [6.07, 6.45) is 6.04. The number of hydrogen-bond acceptors (Lipinski definition) is 4. The molecule has 1 fully saturated rings. The Bertz CT molecular complexity index is 410. The maximum Gasteiger partial charge on any atom is 0.176 e. The van der Waals surface area contributed by atoms with Gasteiger partial charge in [-0.25, -0.2) is 0 Å². The van der Waals surface area contributed by atoms with E-state index in [1.165, 1.54) is 6.21 Å². The molecule has 0 amide bonds. The van der Waals surface area contributed by atoms with Crippen molar-refractivity contribution in [1.82, 2.24) is 5.32 Å². The van der Waals surface area contributed by atoms with E-state index < -0.39 is 0 Å². The van der Waals surface area contributed by atoms with Gasteiger partial charge in [-0.15, -0.1) is 0 Å². The molecule has 2 aliphatic carbocycles. The standard InChI is InChI=1S/C12H17N3O/c1-7(16)15-11-9-5-10(14)8(3-4-13)6-12(9,11)2/h4-6,9,11,13,15-16H,1,3,14H2,2H3. The van der Waals surface area contributed by atoms with Crippen molar-refractivity contribution in [1.29, 1.82) is 5.41 Å². The van der Waals surface area contributed by atoms with Crippen LogP contribution in [0.3, 0.4) is 0 Å². The molecule has 0 spiro atoms. The zero-order valence-electron chi connectivity index (χ0n) is 9.33. The Labute approximate surface area is 95.0 Å². The van der Waals surface area contributed by atoms with Gasteiger partial charge in [-0.1, -0.05) is 19.1 Å². The number of hydrogen-bond donors (Lipinski definition) is 4. The third-order valence-electron chi connectivity index (χ3n) is 3.50. The Kier molecular flexibility index (Phi) is 2.30. The molecular weight excluding hydrogens is 202 g/mol. The summed E-state index contributed by atoms with van der Waals surface area (Å²) in [6, 6.07) is 0.159. The van der Waals surface area contributed by atoms with Crippen molar-refractivity contribution >= 4 is 6.21 Å². The molecule has 2 aliphatic rings. The highest BCUT2D eigenvalue weighted by atomic mass is 16.3. The summed E-state index contributed by atoms with van der Waals surface area (Å²) >= 11 is 0.